The first-order valence-electron chi connectivity index (χ1n) is 7.97. The number of benzene rings is 2. The molecule has 0 saturated carbocycles. The summed E-state index contributed by atoms with van der Waals surface area (Å²) in [6.45, 7) is 4.07. The summed E-state index contributed by atoms with van der Waals surface area (Å²) < 4.78 is 5.51. The topological polar surface area (TPSA) is 43.4 Å². The molecule has 3 nitrogen and oxygen atoms in total. The summed E-state index contributed by atoms with van der Waals surface area (Å²) >= 11 is 0. The molecule has 0 aliphatic rings. The minimum Gasteiger partial charge on any atom is -0.486 e. The number of hydrogen-bond acceptors (Lipinski definition) is 3. The monoisotopic (exact) mass is 310 g/mol. The Hall–Kier alpha value is -2.42. The van der Waals surface area contributed by atoms with Gasteiger partial charge in [-0.3, -0.25) is 9.59 Å². The average molecular weight is 310 g/mol. The van der Waals surface area contributed by atoms with Gasteiger partial charge in [-0.05, 0) is 30.7 Å². The van der Waals surface area contributed by atoms with E-state index in [0.29, 0.717) is 16.9 Å². The molecule has 2 aromatic carbocycles. The fourth-order valence-electron chi connectivity index (χ4n) is 2.35. The molecule has 0 radical (unpaired) electrons. The Morgan fingerprint density at radius 3 is 2.17 bits per heavy atom. The maximum atomic E-state index is 12.3. The Morgan fingerprint density at radius 2 is 1.57 bits per heavy atom. The minimum absolute atomic E-state index is 0.0233. The van der Waals surface area contributed by atoms with Crippen LogP contribution in [0.4, 0.5) is 0 Å². The molecule has 1 atom stereocenters. The second-order valence-electron chi connectivity index (χ2n) is 5.66. The molecule has 0 fully saturated rings. The normalized spacial score (nSPS) is 11.7. The second kappa shape index (κ2) is 8.28. The molecule has 0 saturated heterocycles. The Kier molecular flexibility index (Phi) is 6.10. The SMILES string of the molecule is CCCC(C)C(=O)COc1ccc(C(=O)c2ccccc2)cc1. The predicted molar refractivity (Wildman–Crippen MR) is 90.9 cm³/mol. The van der Waals surface area contributed by atoms with Gasteiger partial charge in [-0.1, -0.05) is 50.6 Å². The van der Waals surface area contributed by atoms with Crippen molar-refractivity contribution in [1.29, 1.82) is 0 Å². The Labute approximate surface area is 137 Å². The third-order valence-corrected chi connectivity index (χ3v) is 3.80. The van der Waals surface area contributed by atoms with Crippen LogP contribution in [-0.2, 0) is 4.79 Å². The van der Waals surface area contributed by atoms with Gasteiger partial charge in [-0.25, -0.2) is 0 Å². The third kappa shape index (κ3) is 4.78. The van der Waals surface area contributed by atoms with Gasteiger partial charge in [0.1, 0.15) is 12.4 Å². The number of ether oxygens (including phenoxy) is 1. The van der Waals surface area contributed by atoms with Crippen molar-refractivity contribution in [1.82, 2.24) is 0 Å². The quantitative estimate of drug-likeness (QED) is 0.683. The van der Waals surface area contributed by atoms with Gasteiger partial charge in [0.25, 0.3) is 0 Å². The van der Waals surface area contributed by atoms with E-state index >= 15 is 0 Å². The molecule has 0 aliphatic carbocycles. The van der Waals surface area contributed by atoms with Crippen molar-refractivity contribution in [2.45, 2.75) is 26.7 Å². The first-order chi connectivity index (χ1) is 11.1. The molecule has 0 N–H and O–H groups in total. The number of ketones is 2. The molecule has 23 heavy (non-hydrogen) atoms. The van der Waals surface area contributed by atoms with E-state index in [1.807, 2.05) is 25.1 Å². The summed E-state index contributed by atoms with van der Waals surface area (Å²) in [4.78, 5) is 24.2. The van der Waals surface area contributed by atoms with E-state index < -0.39 is 0 Å². The lowest BCUT2D eigenvalue weighted by atomic mass is 10.0. The smallest absolute Gasteiger partial charge is 0.193 e. The van der Waals surface area contributed by atoms with Crippen LogP contribution in [0.1, 0.15) is 42.6 Å². The highest BCUT2D eigenvalue weighted by Gasteiger charge is 2.13. The number of Topliss-reactive ketones (excluding diaryl/α,β-unsaturated/α-hetero) is 1. The van der Waals surface area contributed by atoms with E-state index in [-0.39, 0.29) is 24.1 Å². The van der Waals surface area contributed by atoms with Crippen LogP contribution in [0, 0.1) is 5.92 Å². The fourth-order valence-corrected chi connectivity index (χ4v) is 2.35. The molecule has 0 aliphatic heterocycles. The molecule has 2 rings (SSSR count). The molecular formula is C20H22O3. The lowest BCUT2D eigenvalue weighted by Gasteiger charge is -2.10. The maximum absolute atomic E-state index is 12.3. The van der Waals surface area contributed by atoms with Crippen LogP contribution in [-0.4, -0.2) is 18.2 Å². The predicted octanol–water partition coefficient (Wildman–Crippen LogP) is 4.30. The lowest BCUT2D eigenvalue weighted by molar-refractivity contribution is -0.124. The molecule has 1 unspecified atom stereocenters. The van der Waals surface area contributed by atoms with Gasteiger partial charge in [0.05, 0.1) is 0 Å². The van der Waals surface area contributed by atoms with E-state index in [2.05, 4.69) is 6.92 Å². The van der Waals surface area contributed by atoms with Gasteiger partial charge in [0.15, 0.2) is 11.6 Å². The summed E-state index contributed by atoms with van der Waals surface area (Å²) in [5.74, 6) is 0.715. The van der Waals surface area contributed by atoms with E-state index in [9.17, 15) is 9.59 Å². The second-order valence-corrected chi connectivity index (χ2v) is 5.66. The largest absolute Gasteiger partial charge is 0.486 e. The minimum atomic E-state index is -0.0233. The molecular weight excluding hydrogens is 288 g/mol. The number of carbonyl (C=O) groups excluding carboxylic acids is 2. The summed E-state index contributed by atoms with van der Waals surface area (Å²) in [5.41, 5.74) is 1.26. The van der Waals surface area contributed by atoms with Crippen molar-refractivity contribution >= 4 is 11.6 Å². The maximum Gasteiger partial charge on any atom is 0.193 e. The summed E-state index contributed by atoms with van der Waals surface area (Å²) in [6, 6.07) is 16.1. The Morgan fingerprint density at radius 1 is 0.957 bits per heavy atom. The molecule has 120 valence electrons. The van der Waals surface area contributed by atoms with Gasteiger partial charge in [-0.2, -0.15) is 0 Å². The standard InChI is InChI=1S/C20H22O3/c1-3-7-15(2)19(21)14-23-18-12-10-17(11-13-18)20(22)16-8-5-4-6-9-16/h4-6,8-13,15H,3,7,14H2,1-2H3. The van der Waals surface area contributed by atoms with Crippen LogP contribution in [0.5, 0.6) is 5.75 Å². The summed E-state index contributed by atoms with van der Waals surface area (Å²) in [5, 5.41) is 0. The van der Waals surface area contributed by atoms with Crippen molar-refractivity contribution in [2.75, 3.05) is 6.61 Å². The van der Waals surface area contributed by atoms with Gasteiger partial charge >= 0.3 is 0 Å². The first kappa shape index (κ1) is 16.9. The van der Waals surface area contributed by atoms with Gasteiger partial charge < -0.3 is 4.74 Å². The van der Waals surface area contributed by atoms with Gasteiger partial charge in [0, 0.05) is 17.0 Å². The van der Waals surface area contributed by atoms with E-state index in [0.717, 1.165) is 12.8 Å². The molecule has 3 heteroatoms. The highest BCUT2D eigenvalue weighted by atomic mass is 16.5. The van der Waals surface area contributed by atoms with Crippen molar-refractivity contribution in [3.63, 3.8) is 0 Å². The van der Waals surface area contributed by atoms with Crippen LogP contribution in [0.3, 0.4) is 0 Å². The van der Waals surface area contributed by atoms with Crippen LogP contribution in [0.2, 0.25) is 0 Å². The average Bonchev–Trinajstić information content (AvgIpc) is 2.60. The van der Waals surface area contributed by atoms with E-state index in [1.54, 1.807) is 36.4 Å². The van der Waals surface area contributed by atoms with Crippen LogP contribution in [0.25, 0.3) is 0 Å². The van der Waals surface area contributed by atoms with Crippen molar-refractivity contribution in [3.05, 3.63) is 65.7 Å². The van der Waals surface area contributed by atoms with Crippen molar-refractivity contribution < 1.29 is 14.3 Å². The van der Waals surface area contributed by atoms with Gasteiger partial charge in [0.2, 0.25) is 0 Å². The fraction of sp³-hybridized carbons (Fsp3) is 0.300. The van der Waals surface area contributed by atoms with Crippen LogP contribution >= 0.6 is 0 Å². The molecule has 2 aromatic rings. The zero-order valence-corrected chi connectivity index (χ0v) is 13.6. The highest BCUT2D eigenvalue weighted by molar-refractivity contribution is 6.08. The number of hydrogen-bond donors (Lipinski definition) is 0. The summed E-state index contributed by atoms with van der Waals surface area (Å²) in [7, 11) is 0. The first-order valence-corrected chi connectivity index (χ1v) is 7.97. The van der Waals surface area contributed by atoms with E-state index in [4.69, 9.17) is 4.74 Å². The van der Waals surface area contributed by atoms with Crippen LogP contribution < -0.4 is 4.74 Å². The third-order valence-electron chi connectivity index (χ3n) is 3.80. The zero-order chi connectivity index (χ0) is 16.7. The highest BCUT2D eigenvalue weighted by Crippen LogP contribution is 2.16. The molecule has 0 aromatic heterocycles. The van der Waals surface area contributed by atoms with Crippen molar-refractivity contribution in [2.24, 2.45) is 5.92 Å². The lowest BCUT2D eigenvalue weighted by Crippen LogP contribution is -2.19. The molecule has 0 bridgehead atoms. The Balaban J connectivity index is 1.95. The van der Waals surface area contributed by atoms with E-state index in [1.165, 1.54) is 0 Å². The Bertz CT molecular complexity index is 644. The molecule has 0 spiro atoms. The number of rotatable bonds is 8. The summed E-state index contributed by atoms with van der Waals surface area (Å²) in [6.07, 6.45) is 1.87. The van der Waals surface area contributed by atoms with Crippen molar-refractivity contribution in [3.8, 4) is 5.75 Å². The van der Waals surface area contributed by atoms with Crippen LogP contribution in [0.15, 0.2) is 54.6 Å². The van der Waals surface area contributed by atoms with Gasteiger partial charge in [-0.15, -0.1) is 0 Å². The number of carbonyl (C=O) groups is 2. The molecule has 0 amide bonds. The molecule has 0 heterocycles. The zero-order valence-electron chi connectivity index (χ0n) is 13.6.